The molecule has 1 aliphatic heterocycles. The number of aromatic nitrogens is 3. The molecule has 0 saturated heterocycles. The van der Waals surface area contributed by atoms with Crippen LogP contribution >= 0.6 is 0 Å². The highest BCUT2D eigenvalue weighted by Gasteiger charge is 2.34. The van der Waals surface area contributed by atoms with E-state index in [9.17, 15) is 4.39 Å². The maximum Gasteiger partial charge on any atom is 0.175 e. The van der Waals surface area contributed by atoms with Gasteiger partial charge in [0.25, 0.3) is 0 Å². The molecule has 2 heterocycles. The Morgan fingerprint density at radius 2 is 2.16 bits per heavy atom. The number of nitrogens with zero attached hydrogens (tertiary/aromatic N) is 4. The first-order valence-corrected chi connectivity index (χ1v) is 6.01. The molecule has 0 fully saturated rings. The van der Waals surface area contributed by atoms with Gasteiger partial charge in [-0.05, 0) is 11.6 Å². The molecule has 19 heavy (non-hydrogen) atoms. The van der Waals surface area contributed by atoms with Crippen LogP contribution in [-0.4, -0.2) is 14.8 Å². The Labute approximate surface area is 109 Å². The standard InChI is InChI=1S/C14H11FN4/c15-11-9-12(10-5-2-1-3-6-10)19-14(11)17-13(18-19)7-4-8-16/h1-7,11-12H,9H2/b7-4+/t11-,12-/m0/s1. The third-order valence-corrected chi connectivity index (χ3v) is 3.17. The molecule has 4 nitrogen and oxygen atoms in total. The number of hydrogen-bond acceptors (Lipinski definition) is 3. The summed E-state index contributed by atoms with van der Waals surface area (Å²) < 4.78 is 15.6. The van der Waals surface area contributed by atoms with Crippen molar-refractivity contribution >= 4 is 6.08 Å². The third kappa shape index (κ3) is 2.02. The number of hydrogen-bond donors (Lipinski definition) is 0. The maximum atomic E-state index is 14.0. The van der Waals surface area contributed by atoms with Crippen molar-refractivity contribution in [3.63, 3.8) is 0 Å². The predicted octanol–water partition coefficient (Wildman–Crippen LogP) is 2.82. The third-order valence-electron chi connectivity index (χ3n) is 3.17. The molecule has 0 N–H and O–H groups in total. The molecule has 1 aromatic carbocycles. The average Bonchev–Trinajstić information content (AvgIpc) is 2.98. The number of allylic oxidation sites excluding steroid dienone is 1. The van der Waals surface area contributed by atoms with Crippen LogP contribution in [0.5, 0.6) is 0 Å². The summed E-state index contributed by atoms with van der Waals surface area (Å²) in [7, 11) is 0. The van der Waals surface area contributed by atoms with E-state index >= 15 is 0 Å². The summed E-state index contributed by atoms with van der Waals surface area (Å²) in [6.45, 7) is 0. The molecule has 0 bridgehead atoms. The van der Waals surface area contributed by atoms with E-state index < -0.39 is 6.17 Å². The second-order valence-electron chi connectivity index (χ2n) is 4.36. The van der Waals surface area contributed by atoms with Gasteiger partial charge in [0.1, 0.15) is 0 Å². The van der Waals surface area contributed by atoms with Crippen LogP contribution in [0.1, 0.15) is 35.8 Å². The lowest BCUT2D eigenvalue weighted by Gasteiger charge is -2.11. The van der Waals surface area contributed by atoms with Crippen molar-refractivity contribution in [2.45, 2.75) is 18.6 Å². The number of halogens is 1. The van der Waals surface area contributed by atoms with E-state index in [2.05, 4.69) is 10.1 Å². The minimum absolute atomic E-state index is 0.122. The Kier molecular flexibility index (Phi) is 2.84. The van der Waals surface area contributed by atoms with Gasteiger partial charge in [-0.15, -0.1) is 0 Å². The molecule has 1 aromatic heterocycles. The van der Waals surface area contributed by atoms with E-state index in [0.717, 1.165) is 5.56 Å². The zero-order chi connectivity index (χ0) is 13.2. The van der Waals surface area contributed by atoms with Crippen LogP contribution in [0.2, 0.25) is 0 Å². The molecule has 0 unspecified atom stereocenters. The largest absolute Gasteiger partial charge is 0.239 e. The van der Waals surface area contributed by atoms with Crippen LogP contribution < -0.4 is 0 Å². The molecule has 1 aliphatic rings. The average molecular weight is 254 g/mol. The smallest absolute Gasteiger partial charge is 0.175 e. The molecule has 3 rings (SSSR count). The Balaban J connectivity index is 2.00. The molecule has 0 saturated carbocycles. The monoisotopic (exact) mass is 254 g/mol. The summed E-state index contributed by atoms with van der Waals surface area (Å²) in [6, 6.07) is 11.4. The summed E-state index contributed by atoms with van der Waals surface area (Å²) in [5, 5.41) is 12.7. The SMILES string of the molecule is N#C/C=C/c1nc2n(n1)[C@H](c1ccccc1)C[C@@H]2F. The first-order chi connectivity index (χ1) is 9.29. The van der Waals surface area contributed by atoms with Gasteiger partial charge in [-0.1, -0.05) is 30.3 Å². The van der Waals surface area contributed by atoms with Gasteiger partial charge in [0.05, 0.1) is 12.1 Å². The normalized spacial score (nSPS) is 21.5. The maximum absolute atomic E-state index is 14.0. The van der Waals surface area contributed by atoms with E-state index in [-0.39, 0.29) is 6.04 Å². The molecule has 0 aliphatic carbocycles. The van der Waals surface area contributed by atoms with Gasteiger partial charge in [0.2, 0.25) is 0 Å². The van der Waals surface area contributed by atoms with Crippen molar-refractivity contribution < 1.29 is 4.39 Å². The van der Waals surface area contributed by atoms with Crippen LogP contribution in [0.15, 0.2) is 36.4 Å². The lowest BCUT2D eigenvalue weighted by atomic mass is 10.0. The number of benzene rings is 1. The van der Waals surface area contributed by atoms with Crippen LogP contribution in [0.4, 0.5) is 4.39 Å². The Morgan fingerprint density at radius 3 is 2.89 bits per heavy atom. The summed E-state index contributed by atoms with van der Waals surface area (Å²) in [5.74, 6) is 0.714. The summed E-state index contributed by atoms with van der Waals surface area (Å²) in [4.78, 5) is 4.12. The fourth-order valence-electron chi connectivity index (χ4n) is 2.33. The van der Waals surface area contributed by atoms with Crippen molar-refractivity contribution in [1.29, 1.82) is 5.26 Å². The molecule has 2 aromatic rings. The minimum Gasteiger partial charge on any atom is -0.239 e. The van der Waals surface area contributed by atoms with Crippen molar-refractivity contribution in [2.75, 3.05) is 0 Å². The van der Waals surface area contributed by atoms with E-state index in [1.165, 1.54) is 12.2 Å². The molecule has 0 spiro atoms. The van der Waals surface area contributed by atoms with Crippen LogP contribution in [-0.2, 0) is 0 Å². The van der Waals surface area contributed by atoms with Gasteiger partial charge >= 0.3 is 0 Å². The topological polar surface area (TPSA) is 54.5 Å². The predicted molar refractivity (Wildman–Crippen MR) is 67.7 cm³/mol. The van der Waals surface area contributed by atoms with Gasteiger partial charge in [-0.2, -0.15) is 10.4 Å². The summed E-state index contributed by atoms with van der Waals surface area (Å²) >= 11 is 0. The van der Waals surface area contributed by atoms with E-state index in [1.807, 2.05) is 36.4 Å². The fourth-order valence-corrected chi connectivity index (χ4v) is 2.33. The lowest BCUT2D eigenvalue weighted by Crippen LogP contribution is -2.07. The molecule has 0 amide bonds. The second kappa shape index (κ2) is 4.65. The highest BCUT2D eigenvalue weighted by Crippen LogP contribution is 2.39. The lowest BCUT2D eigenvalue weighted by molar-refractivity contribution is 0.328. The van der Waals surface area contributed by atoms with Gasteiger partial charge in [0, 0.05) is 12.5 Å². The van der Waals surface area contributed by atoms with Gasteiger partial charge in [0.15, 0.2) is 17.8 Å². The number of nitriles is 1. The Bertz CT molecular complexity index is 654. The number of rotatable bonds is 2. The van der Waals surface area contributed by atoms with Gasteiger partial charge < -0.3 is 0 Å². The number of alkyl halides is 1. The zero-order valence-corrected chi connectivity index (χ0v) is 10.1. The van der Waals surface area contributed by atoms with E-state index in [4.69, 9.17) is 5.26 Å². The first-order valence-electron chi connectivity index (χ1n) is 6.01. The van der Waals surface area contributed by atoms with Crippen molar-refractivity contribution in [3.8, 4) is 6.07 Å². The van der Waals surface area contributed by atoms with Crippen LogP contribution in [0.3, 0.4) is 0 Å². The molecular weight excluding hydrogens is 243 g/mol. The van der Waals surface area contributed by atoms with Crippen LogP contribution in [0, 0.1) is 11.3 Å². The molecule has 2 atom stereocenters. The zero-order valence-electron chi connectivity index (χ0n) is 10.1. The Morgan fingerprint density at radius 1 is 1.37 bits per heavy atom. The molecule has 5 heteroatoms. The van der Waals surface area contributed by atoms with Crippen molar-refractivity contribution in [2.24, 2.45) is 0 Å². The number of fused-ring (bicyclic) bond motifs is 1. The van der Waals surface area contributed by atoms with Crippen molar-refractivity contribution in [1.82, 2.24) is 14.8 Å². The fraction of sp³-hybridized carbons (Fsp3) is 0.214. The summed E-state index contributed by atoms with van der Waals surface area (Å²) in [5.41, 5.74) is 1.02. The highest BCUT2D eigenvalue weighted by molar-refractivity contribution is 5.43. The van der Waals surface area contributed by atoms with Gasteiger partial charge in [-0.25, -0.2) is 14.1 Å². The van der Waals surface area contributed by atoms with E-state index in [0.29, 0.717) is 18.1 Å². The van der Waals surface area contributed by atoms with Gasteiger partial charge in [-0.3, -0.25) is 0 Å². The second-order valence-corrected chi connectivity index (χ2v) is 4.36. The van der Waals surface area contributed by atoms with Crippen molar-refractivity contribution in [3.05, 3.63) is 53.6 Å². The quantitative estimate of drug-likeness (QED) is 0.774. The Hall–Kier alpha value is -2.48. The summed E-state index contributed by atoms with van der Waals surface area (Å²) in [6.07, 6.45) is 2.03. The minimum atomic E-state index is -1.11. The van der Waals surface area contributed by atoms with Crippen LogP contribution in [0.25, 0.3) is 6.08 Å². The first kappa shape index (κ1) is 11.6. The highest BCUT2D eigenvalue weighted by atomic mass is 19.1. The molecule has 0 radical (unpaired) electrons. The molecule has 94 valence electrons. The van der Waals surface area contributed by atoms with E-state index in [1.54, 1.807) is 4.68 Å². The molecular formula is C14H11FN4.